The third kappa shape index (κ3) is 3.90. The molecule has 0 unspecified atom stereocenters. The van der Waals surface area contributed by atoms with Gasteiger partial charge in [-0.3, -0.25) is 0 Å². The van der Waals surface area contributed by atoms with Gasteiger partial charge in [0.25, 0.3) is 0 Å². The van der Waals surface area contributed by atoms with Gasteiger partial charge in [-0.25, -0.2) is 13.1 Å². The number of sulfonamides is 1. The second-order valence-electron chi connectivity index (χ2n) is 4.81. The van der Waals surface area contributed by atoms with Crippen molar-refractivity contribution in [2.75, 3.05) is 26.0 Å². The van der Waals surface area contributed by atoms with Gasteiger partial charge in [-0.1, -0.05) is 0 Å². The lowest BCUT2D eigenvalue weighted by Gasteiger charge is -2.11. The Morgan fingerprint density at radius 1 is 0.864 bits per heavy atom. The first-order chi connectivity index (χ1) is 10.4. The molecule has 1 N–H and O–H groups in total. The molecule has 2 aromatic rings. The molecule has 0 aliphatic rings. The average molecular weight is 318 g/mol. The van der Waals surface area contributed by atoms with E-state index in [9.17, 15) is 8.42 Å². The summed E-state index contributed by atoms with van der Waals surface area (Å²) in [5.74, 6) is 0. The van der Waals surface area contributed by atoms with E-state index in [-0.39, 0.29) is 4.90 Å². The number of hydrogen-bond donors (Lipinski definition) is 1. The molecular weight excluding hydrogens is 300 g/mol. The summed E-state index contributed by atoms with van der Waals surface area (Å²) in [5, 5.41) is 8.23. The van der Waals surface area contributed by atoms with E-state index in [2.05, 4.69) is 15.0 Å². The van der Waals surface area contributed by atoms with Crippen LogP contribution in [0.5, 0.6) is 0 Å². The lowest BCUT2D eigenvalue weighted by molar-refractivity contribution is 0.588. The van der Waals surface area contributed by atoms with Gasteiger partial charge in [-0.15, -0.1) is 0 Å². The zero-order chi connectivity index (χ0) is 16.2. The van der Waals surface area contributed by atoms with E-state index in [0.717, 1.165) is 11.4 Å². The Hall–Kier alpha value is -2.25. The minimum Gasteiger partial charge on any atom is -0.378 e. The summed E-state index contributed by atoms with van der Waals surface area (Å²) >= 11 is 0. The van der Waals surface area contributed by atoms with E-state index >= 15 is 0 Å². The van der Waals surface area contributed by atoms with Gasteiger partial charge < -0.3 is 4.90 Å². The van der Waals surface area contributed by atoms with E-state index in [4.69, 9.17) is 0 Å². The van der Waals surface area contributed by atoms with Crippen LogP contribution in [0.4, 0.5) is 17.1 Å². The Balaban J connectivity index is 2.13. The molecule has 0 atom stereocenters. The number of hydrogen-bond acceptors (Lipinski definition) is 5. The second kappa shape index (κ2) is 6.67. The predicted molar refractivity (Wildman–Crippen MR) is 87.6 cm³/mol. The largest absolute Gasteiger partial charge is 0.378 e. The van der Waals surface area contributed by atoms with E-state index in [1.165, 1.54) is 19.2 Å². The van der Waals surface area contributed by atoms with Crippen LogP contribution < -0.4 is 9.62 Å². The molecule has 6 nitrogen and oxygen atoms in total. The summed E-state index contributed by atoms with van der Waals surface area (Å²) in [5.41, 5.74) is 2.41. The van der Waals surface area contributed by atoms with Gasteiger partial charge in [0.15, 0.2) is 0 Å². The molecule has 2 rings (SSSR count). The van der Waals surface area contributed by atoms with Crippen molar-refractivity contribution in [2.24, 2.45) is 10.2 Å². The van der Waals surface area contributed by atoms with Gasteiger partial charge in [0.05, 0.1) is 16.3 Å². The van der Waals surface area contributed by atoms with Crippen LogP contribution in [0, 0.1) is 0 Å². The first-order valence-electron chi connectivity index (χ1n) is 6.65. The summed E-state index contributed by atoms with van der Waals surface area (Å²) in [7, 11) is 1.89. The van der Waals surface area contributed by atoms with E-state index in [1.54, 1.807) is 12.1 Å². The summed E-state index contributed by atoms with van der Waals surface area (Å²) in [6.45, 7) is 0. The summed E-state index contributed by atoms with van der Waals surface area (Å²) < 4.78 is 25.5. The van der Waals surface area contributed by atoms with Crippen LogP contribution in [0.25, 0.3) is 0 Å². The fourth-order valence-electron chi connectivity index (χ4n) is 1.74. The molecule has 0 aromatic heterocycles. The molecule has 7 heteroatoms. The number of azo groups is 1. The van der Waals surface area contributed by atoms with Crippen molar-refractivity contribution >= 4 is 27.1 Å². The quantitative estimate of drug-likeness (QED) is 0.861. The maximum atomic E-state index is 11.6. The first kappa shape index (κ1) is 16.1. The van der Waals surface area contributed by atoms with Crippen LogP contribution >= 0.6 is 0 Å². The molecule has 0 fully saturated rings. The first-order valence-corrected chi connectivity index (χ1v) is 8.13. The molecule has 0 spiro atoms. The van der Waals surface area contributed by atoms with E-state index in [0.29, 0.717) is 5.69 Å². The molecule has 116 valence electrons. The second-order valence-corrected chi connectivity index (χ2v) is 6.70. The van der Waals surface area contributed by atoms with Gasteiger partial charge >= 0.3 is 0 Å². The van der Waals surface area contributed by atoms with E-state index in [1.807, 2.05) is 43.3 Å². The van der Waals surface area contributed by atoms with Crippen LogP contribution in [0.1, 0.15) is 0 Å². The fraction of sp³-hybridized carbons (Fsp3) is 0.200. The number of rotatable bonds is 5. The van der Waals surface area contributed by atoms with Crippen LogP contribution in [-0.4, -0.2) is 29.6 Å². The minimum absolute atomic E-state index is 0.198. The topological polar surface area (TPSA) is 74.1 Å². The standard InChI is InChI=1S/C15H18N4O2S/c1-16-22(20,21)15-10-6-13(7-11-15)18-17-12-4-8-14(9-5-12)19(2)3/h4-11,16H,1-3H3/b18-17+. The molecule has 2 aromatic carbocycles. The third-order valence-electron chi connectivity index (χ3n) is 3.06. The summed E-state index contributed by atoms with van der Waals surface area (Å²) in [6.07, 6.45) is 0. The van der Waals surface area contributed by atoms with Gasteiger partial charge in [-0.2, -0.15) is 10.2 Å². The van der Waals surface area contributed by atoms with Crippen molar-refractivity contribution in [2.45, 2.75) is 4.90 Å². The van der Waals surface area contributed by atoms with Crippen molar-refractivity contribution in [3.63, 3.8) is 0 Å². The van der Waals surface area contributed by atoms with Gasteiger partial charge in [-0.05, 0) is 55.6 Å². The molecule has 0 saturated heterocycles. The Labute approximate surface area is 130 Å². The van der Waals surface area contributed by atoms with E-state index < -0.39 is 10.0 Å². The average Bonchev–Trinajstić information content (AvgIpc) is 2.53. The maximum Gasteiger partial charge on any atom is 0.240 e. The monoisotopic (exact) mass is 318 g/mol. The van der Waals surface area contributed by atoms with Crippen LogP contribution in [0.15, 0.2) is 63.7 Å². The van der Waals surface area contributed by atoms with Crippen LogP contribution in [-0.2, 0) is 10.0 Å². The Morgan fingerprint density at radius 3 is 1.73 bits per heavy atom. The minimum atomic E-state index is -3.42. The zero-order valence-corrected chi connectivity index (χ0v) is 13.5. The lowest BCUT2D eigenvalue weighted by Crippen LogP contribution is -2.18. The summed E-state index contributed by atoms with van der Waals surface area (Å²) in [4.78, 5) is 2.20. The highest BCUT2D eigenvalue weighted by Crippen LogP contribution is 2.22. The fourth-order valence-corrected chi connectivity index (χ4v) is 2.47. The van der Waals surface area contributed by atoms with Gasteiger partial charge in [0.1, 0.15) is 0 Å². The van der Waals surface area contributed by atoms with Crippen molar-refractivity contribution in [3.05, 3.63) is 48.5 Å². The number of anilines is 1. The van der Waals surface area contributed by atoms with Crippen molar-refractivity contribution in [1.29, 1.82) is 0 Å². The molecule has 22 heavy (non-hydrogen) atoms. The highest BCUT2D eigenvalue weighted by atomic mass is 32.2. The van der Waals surface area contributed by atoms with Crippen LogP contribution in [0.2, 0.25) is 0 Å². The normalized spacial score (nSPS) is 11.8. The molecule has 0 heterocycles. The molecule has 0 aliphatic heterocycles. The van der Waals surface area contributed by atoms with Crippen molar-refractivity contribution in [3.8, 4) is 0 Å². The highest BCUT2D eigenvalue weighted by molar-refractivity contribution is 7.89. The Kier molecular flexibility index (Phi) is 4.89. The molecule has 0 radical (unpaired) electrons. The van der Waals surface area contributed by atoms with Crippen molar-refractivity contribution in [1.82, 2.24) is 4.72 Å². The maximum absolute atomic E-state index is 11.6. The summed E-state index contributed by atoms with van der Waals surface area (Å²) in [6, 6.07) is 13.9. The molecule has 0 aliphatic carbocycles. The number of nitrogens with one attached hydrogen (secondary N) is 1. The highest BCUT2D eigenvalue weighted by Gasteiger charge is 2.10. The van der Waals surface area contributed by atoms with Gasteiger partial charge in [0.2, 0.25) is 10.0 Å². The third-order valence-corrected chi connectivity index (χ3v) is 4.49. The van der Waals surface area contributed by atoms with Crippen LogP contribution in [0.3, 0.4) is 0 Å². The molecule has 0 saturated carbocycles. The molecular formula is C15H18N4O2S. The SMILES string of the molecule is CNS(=O)(=O)c1ccc(/N=N/c2ccc(N(C)C)cc2)cc1. The van der Waals surface area contributed by atoms with Gasteiger partial charge in [0, 0.05) is 19.8 Å². The smallest absolute Gasteiger partial charge is 0.240 e. The Bertz CT molecular complexity index is 751. The number of benzene rings is 2. The Morgan fingerprint density at radius 2 is 1.32 bits per heavy atom. The predicted octanol–water partition coefficient (Wildman–Crippen LogP) is 3.08. The molecule has 0 amide bonds. The zero-order valence-electron chi connectivity index (χ0n) is 12.7. The molecule has 0 bridgehead atoms. The number of nitrogens with zero attached hydrogens (tertiary/aromatic N) is 3. The van der Waals surface area contributed by atoms with Crippen molar-refractivity contribution < 1.29 is 8.42 Å². The lowest BCUT2D eigenvalue weighted by atomic mass is 10.3.